The molecule has 1 saturated carbocycles. The summed E-state index contributed by atoms with van der Waals surface area (Å²) in [5, 5.41) is 12.1. The van der Waals surface area contributed by atoms with Gasteiger partial charge < -0.3 is 20.9 Å². The number of aliphatic hydroxyl groups excluding tert-OH is 1. The van der Waals surface area contributed by atoms with Gasteiger partial charge in [-0.15, -0.1) is 12.4 Å². The van der Waals surface area contributed by atoms with E-state index in [1.165, 1.54) is 12.8 Å². The van der Waals surface area contributed by atoms with Crippen LogP contribution in [0.5, 0.6) is 0 Å². The smallest absolute Gasteiger partial charge is 0.222 e. The van der Waals surface area contributed by atoms with Gasteiger partial charge in [0.2, 0.25) is 5.91 Å². The average Bonchev–Trinajstić information content (AvgIpc) is 2.83. The average molecular weight is 295 g/mol. The molecule has 0 aliphatic heterocycles. The molecule has 0 bridgehead atoms. The highest BCUT2D eigenvalue weighted by molar-refractivity contribution is 5.85. The fourth-order valence-electron chi connectivity index (χ4n) is 2.71. The number of amides is 1. The van der Waals surface area contributed by atoms with Crippen molar-refractivity contribution in [3.63, 3.8) is 0 Å². The number of rotatable bonds is 8. The first-order valence-corrected chi connectivity index (χ1v) is 6.76. The Labute approximate surface area is 121 Å². The molecule has 5 nitrogen and oxygen atoms in total. The van der Waals surface area contributed by atoms with E-state index < -0.39 is 0 Å². The van der Waals surface area contributed by atoms with Crippen molar-refractivity contribution in [3.8, 4) is 0 Å². The molecule has 19 heavy (non-hydrogen) atoms. The zero-order valence-corrected chi connectivity index (χ0v) is 12.5. The Bertz CT molecular complexity index is 254. The van der Waals surface area contributed by atoms with Gasteiger partial charge in [-0.3, -0.25) is 4.79 Å². The number of hydrogen-bond acceptors (Lipinski definition) is 4. The van der Waals surface area contributed by atoms with Gasteiger partial charge in [-0.1, -0.05) is 12.8 Å². The molecule has 0 aromatic carbocycles. The number of carbonyl (C=O) groups is 1. The maximum atomic E-state index is 11.8. The van der Waals surface area contributed by atoms with Gasteiger partial charge in [0, 0.05) is 26.8 Å². The monoisotopic (exact) mass is 294 g/mol. The summed E-state index contributed by atoms with van der Waals surface area (Å²) >= 11 is 0. The lowest BCUT2D eigenvalue weighted by Crippen LogP contribution is -2.39. The highest BCUT2D eigenvalue weighted by Crippen LogP contribution is 2.40. The lowest BCUT2D eigenvalue weighted by Gasteiger charge is -2.28. The van der Waals surface area contributed by atoms with Gasteiger partial charge in [-0.2, -0.15) is 0 Å². The van der Waals surface area contributed by atoms with E-state index in [2.05, 4.69) is 5.32 Å². The number of aliphatic hydroxyl groups is 1. The quantitative estimate of drug-likeness (QED) is 0.619. The molecule has 1 unspecified atom stereocenters. The SMILES string of the molecule is COC(CN)CC(=O)NCC1(CCO)CCCC1.Cl. The molecule has 6 heteroatoms. The number of nitrogens with two attached hydrogens (primary N) is 1. The number of carbonyl (C=O) groups excluding carboxylic acids is 1. The van der Waals surface area contributed by atoms with Crippen LogP contribution in [-0.2, 0) is 9.53 Å². The molecule has 1 aliphatic carbocycles. The van der Waals surface area contributed by atoms with E-state index in [4.69, 9.17) is 15.6 Å². The minimum Gasteiger partial charge on any atom is -0.396 e. The van der Waals surface area contributed by atoms with Crippen LogP contribution < -0.4 is 11.1 Å². The van der Waals surface area contributed by atoms with Crippen LogP contribution in [0, 0.1) is 5.41 Å². The van der Waals surface area contributed by atoms with Crippen molar-refractivity contribution >= 4 is 18.3 Å². The summed E-state index contributed by atoms with van der Waals surface area (Å²) in [5.41, 5.74) is 5.59. The molecular formula is C13H27ClN2O3. The van der Waals surface area contributed by atoms with Gasteiger partial charge in [-0.25, -0.2) is 0 Å². The van der Waals surface area contributed by atoms with E-state index in [-0.39, 0.29) is 36.4 Å². The molecule has 0 aromatic heterocycles. The van der Waals surface area contributed by atoms with Crippen LogP contribution >= 0.6 is 12.4 Å². The van der Waals surface area contributed by atoms with Crippen molar-refractivity contribution in [3.05, 3.63) is 0 Å². The summed E-state index contributed by atoms with van der Waals surface area (Å²) in [6, 6.07) is 0. The molecule has 1 fully saturated rings. The number of ether oxygens (including phenoxy) is 1. The molecule has 1 atom stereocenters. The Morgan fingerprint density at radius 3 is 2.58 bits per heavy atom. The van der Waals surface area contributed by atoms with Crippen molar-refractivity contribution in [2.75, 3.05) is 26.8 Å². The molecule has 1 amide bonds. The minimum absolute atomic E-state index is 0. The van der Waals surface area contributed by atoms with Gasteiger partial charge in [0.1, 0.15) is 0 Å². The molecule has 4 N–H and O–H groups in total. The molecule has 0 radical (unpaired) electrons. The second-order valence-electron chi connectivity index (χ2n) is 5.25. The Morgan fingerprint density at radius 2 is 2.11 bits per heavy atom. The van der Waals surface area contributed by atoms with Crippen molar-refractivity contribution in [1.82, 2.24) is 5.32 Å². The summed E-state index contributed by atoms with van der Waals surface area (Å²) in [7, 11) is 1.56. The van der Waals surface area contributed by atoms with Crippen LogP contribution in [0.1, 0.15) is 38.5 Å². The fourth-order valence-corrected chi connectivity index (χ4v) is 2.71. The van der Waals surface area contributed by atoms with E-state index >= 15 is 0 Å². The van der Waals surface area contributed by atoms with Crippen LogP contribution in [0.4, 0.5) is 0 Å². The van der Waals surface area contributed by atoms with Gasteiger partial charge in [0.05, 0.1) is 12.5 Å². The first kappa shape index (κ1) is 18.6. The van der Waals surface area contributed by atoms with Gasteiger partial charge in [0.25, 0.3) is 0 Å². The minimum atomic E-state index is -0.206. The maximum absolute atomic E-state index is 11.8. The van der Waals surface area contributed by atoms with Crippen molar-refractivity contribution in [2.45, 2.75) is 44.6 Å². The number of nitrogens with one attached hydrogen (secondary N) is 1. The second-order valence-corrected chi connectivity index (χ2v) is 5.25. The van der Waals surface area contributed by atoms with Crippen LogP contribution in [0.2, 0.25) is 0 Å². The first-order valence-electron chi connectivity index (χ1n) is 6.76. The third kappa shape index (κ3) is 6.08. The molecular weight excluding hydrogens is 268 g/mol. The van der Waals surface area contributed by atoms with Crippen molar-refractivity contribution in [1.29, 1.82) is 0 Å². The summed E-state index contributed by atoms with van der Waals surface area (Å²) in [6.07, 6.45) is 5.46. The standard InChI is InChI=1S/C13H26N2O3.ClH/c1-18-11(9-14)8-12(17)15-10-13(6-7-16)4-2-3-5-13;/h11,16H,2-10,14H2,1H3,(H,15,17);1H. The molecule has 0 spiro atoms. The van der Waals surface area contributed by atoms with Crippen molar-refractivity contribution < 1.29 is 14.6 Å². The number of halogens is 1. The Hall–Kier alpha value is -0.360. The first-order chi connectivity index (χ1) is 8.65. The third-order valence-electron chi connectivity index (χ3n) is 3.98. The van der Waals surface area contributed by atoms with E-state index in [9.17, 15) is 4.79 Å². The lowest BCUT2D eigenvalue weighted by molar-refractivity contribution is -0.124. The normalized spacial score (nSPS) is 18.7. The highest BCUT2D eigenvalue weighted by Gasteiger charge is 2.33. The maximum Gasteiger partial charge on any atom is 0.222 e. The predicted molar refractivity (Wildman–Crippen MR) is 77.3 cm³/mol. The summed E-state index contributed by atoms with van der Waals surface area (Å²) in [5.74, 6) is -0.0171. The van der Waals surface area contributed by atoms with E-state index in [0.717, 1.165) is 19.3 Å². The largest absolute Gasteiger partial charge is 0.396 e. The van der Waals surface area contributed by atoms with Crippen LogP contribution in [0.3, 0.4) is 0 Å². The van der Waals surface area contributed by atoms with Crippen LogP contribution in [0.15, 0.2) is 0 Å². The molecule has 0 heterocycles. The summed E-state index contributed by atoms with van der Waals surface area (Å²) in [4.78, 5) is 11.8. The summed E-state index contributed by atoms with van der Waals surface area (Å²) < 4.78 is 5.09. The topological polar surface area (TPSA) is 84.6 Å². The van der Waals surface area contributed by atoms with Gasteiger partial charge >= 0.3 is 0 Å². The molecule has 0 aromatic rings. The number of methoxy groups -OCH3 is 1. The zero-order chi connectivity index (χ0) is 13.4. The second kappa shape index (κ2) is 9.53. The van der Waals surface area contributed by atoms with Gasteiger partial charge in [-0.05, 0) is 24.7 Å². The van der Waals surface area contributed by atoms with Crippen molar-refractivity contribution in [2.24, 2.45) is 11.1 Å². The third-order valence-corrected chi connectivity index (χ3v) is 3.98. The molecule has 0 saturated heterocycles. The lowest BCUT2D eigenvalue weighted by atomic mass is 9.83. The van der Waals surface area contributed by atoms with Crippen LogP contribution in [-0.4, -0.2) is 43.9 Å². The molecule has 114 valence electrons. The Balaban J connectivity index is 0.00000324. The highest BCUT2D eigenvalue weighted by atomic mass is 35.5. The van der Waals surface area contributed by atoms with Crippen LogP contribution in [0.25, 0.3) is 0 Å². The Morgan fingerprint density at radius 1 is 1.47 bits per heavy atom. The zero-order valence-electron chi connectivity index (χ0n) is 11.7. The number of hydrogen-bond donors (Lipinski definition) is 3. The Kier molecular flexibility index (Phi) is 9.35. The van der Waals surface area contributed by atoms with E-state index in [1.807, 2.05) is 0 Å². The van der Waals surface area contributed by atoms with E-state index in [1.54, 1.807) is 7.11 Å². The molecule has 1 aliphatic rings. The molecule has 1 rings (SSSR count). The summed E-state index contributed by atoms with van der Waals surface area (Å²) in [6.45, 7) is 1.21. The predicted octanol–water partition coefficient (Wildman–Crippen LogP) is 0.831. The van der Waals surface area contributed by atoms with Gasteiger partial charge in [0.15, 0.2) is 0 Å². The van der Waals surface area contributed by atoms with E-state index in [0.29, 0.717) is 19.5 Å². The fraction of sp³-hybridized carbons (Fsp3) is 0.923.